The smallest absolute Gasteiger partial charge is 0.358 e. The van der Waals surface area contributed by atoms with Gasteiger partial charge in [-0.3, -0.25) is 4.79 Å². The monoisotopic (exact) mass is 198 g/mol. The lowest BCUT2D eigenvalue weighted by atomic mass is 10.1. The van der Waals surface area contributed by atoms with E-state index < -0.39 is 16.7 Å². The maximum atomic E-state index is 12.5. The minimum absolute atomic E-state index is 0.108. The molecule has 0 radical (unpaired) electrons. The van der Waals surface area contributed by atoms with Gasteiger partial charge in [0, 0.05) is 12.5 Å². The van der Waals surface area contributed by atoms with Crippen LogP contribution in [0, 0.1) is 16.1 Å². The molecule has 0 saturated carbocycles. The fourth-order valence-electron chi connectivity index (χ4n) is 1.02. The first kappa shape index (κ1) is 10.2. The van der Waals surface area contributed by atoms with E-state index in [1.165, 1.54) is 13.0 Å². The second kappa shape index (κ2) is 3.91. The van der Waals surface area contributed by atoms with Gasteiger partial charge in [-0.15, -0.1) is 0 Å². The van der Waals surface area contributed by atoms with Crippen LogP contribution in [0.1, 0.15) is 12.5 Å². The van der Waals surface area contributed by atoms with Gasteiger partial charge in [-0.1, -0.05) is 0 Å². The summed E-state index contributed by atoms with van der Waals surface area (Å²) < 4.78 is 12.5. The Bertz CT molecular complexity index is 392. The average molecular weight is 198 g/mol. The zero-order valence-electron chi connectivity index (χ0n) is 7.36. The van der Waals surface area contributed by atoms with Gasteiger partial charge in [0.05, 0.1) is 5.56 Å². The van der Waals surface area contributed by atoms with Crippen molar-refractivity contribution in [2.24, 2.45) is 0 Å². The van der Waals surface area contributed by atoms with Crippen LogP contribution in [-0.2, 0) is 11.2 Å². The third-order valence-corrected chi connectivity index (χ3v) is 1.53. The molecule has 1 heterocycles. The maximum Gasteiger partial charge on any atom is 0.370 e. The maximum absolute atomic E-state index is 12.5. The van der Waals surface area contributed by atoms with Gasteiger partial charge in [-0.2, -0.15) is 4.39 Å². The molecule has 0 atom stereocenters. The predicted octanol–water partition coefficient (Wildman–Crippen LogP) is 1.26. The van der Waals surface area contributed by atoms with Gasteiger partial charge in [-0.25, -0.2) is 0 Å². The van der Waals surface area contributed by atoms with Gasteiger partial charge in [0.25, 0.3) is 0 Å². The van der Waals surface area contributed by atoms with E-state index in [0.29, 0.717) is 0 Å². The van der Waals surface area contributed by atoms with Crippen LogP contribution in [0.5, 0.6) is 0 Å². The van der Waals surface area contributed by atoms with Crippen LogP contribution in [0.3, 0.4) is 0 Å². The van der Waals surface area contributed by atoms with Gasteiger partial charge in [0.2, 0.25) is 0 Å². The summed E-state index contributed by atoms with van der Waals surface area (Å²) in [6, 6.07) is 2.19. The Morgan fingerprint density at radius 1 is 1.64 bits per heavy atom. The summed E-state index contributed by atoms with van der Waals surface area (Å²) >= 11 is 0. The number of nitrogens with zero attached hydrogens (tertiary/aromatic N) is 2. The topological polar surface area (TPSA) is 73.1 Å². The molecule has 0 fully saturated rings. The quantitative estimate of drug-likeness (QED) is 0.416. The molecule has 6 heteroatoms. The van der Waals surface area contributed by atoms with Crippen molar-refractivity contribution in [3.63, 3.8) is 0 Å². The molecule has 0 spiro atoms. The number of nitro groups is 1. The van der Waals surface area contributed by atoms with Crippen LogP contribution in [0.25, 0.3) is 0 Å². The molecule has 0 aromatic carbocycles. The summed E-state index contributed by atoms with van der Waals surface area (Å²) in [7, 11) is 0. The standard InChI is InChI=1S/C8H7FN2O3/c1-5(12)4-6-2-3-7(9)10-8(6)11(13)14/h2-3H,4H2,1H3. The molecule has 5 nitrogen and oxygen atoms in total. The zero-order chi connectivity index (χ0) is 10.7. The molecule has 0 bridgehead atoms. The molecule has 1 rings (SSSR count). The van der Waals surface area contributed by atoms with Crippen LogP contribution in [0.4, 0.5) is 10.2 Å². The molecule has 0 saturated heterocycles. The van der Waals surface area contributed by atoms with E-state index in [4.69, 9.17) is 0 Å². The molecule has 1 aromatic rings. The van der Waals surface area contributed by atoms with Crippen molar-refractivity contribution in [1.29, 1.82) is 0 Å². The van der Waals surface area contributed by atoms with Crippen molar-refractivity contribution >= 4 is 11.6 Å². The Labute approximate surface area is 78.7 Å². The Kier molecular flexibility index (Phi) is 2.85. The zero-order valence-corrected chi connectivity index (χ0v) is 7.36. The lowest BCUT2D eigenvalue weighted by Crippen LogP contribution is -2.04. The summed E-state index contributed by atoms with van der Waals surface area (Å²) in [5.41, 5.74) is 0.129. The number of carbonyl (C=O) groups excluding carboxylic acids is 1. The summed E-state index contributed by atoms with van der Waals surface area (Å²) in [6.45, 7) is 1.30. The van der Waals surface area contributed by atoms with Gasteiger partial charge >= 0.3 is 11.8 Å². The molecule has 1 aromatic heterocycles. The van der Waals surface area contributed by atoms with Crippen LogP contribution < -0.4 is 0 Å². The number of Topliss-reactive ketones (excluding diaryl/α,β-unsaturated/α-hetero) is 1. The van der Waals surface area contributed by atoms with Crippen molar-refractivity contribution in [2.45, 2.75) is 13.3 Å². The second-order valence-electron chi connectivity index (χ2n) is 2.75. The van der Waals surface area contributed by atoms with Crippen LogP contribution in [0.2, 0.25) is 0 Å². The molecule has 0 unspecified atom stereocenters. The third-order valence-electron chi connectivity index (χ3n) is 1.53. The van der Waals surface area contributed by atoms with E-state index in [2.05, 4.69) is 4.98 Å². The lowest BCUT2D eigenvalue weighted by molar-refractivity contribution is -0.390. The highest BCUT2D eigenvalue weighted by Crippen LogP contribution is 2.16. The van der Waals surface area contributed by atoms with Gasteiger partial charge in [0.15, 0.2) is 0 Å². The summed E-state index contributed by atoms with van der Waals surface area (Å²) in [4.78, 5) is 23.5. The first-order valence-corrected chi connectivity index (χ1v) is 3.80. The third kappa shape index (κ3) is 2.32. The molecular formula is C8H7FN2O3. The van der Waals surface area contributed by atoms with Gasteiger partial charge < -0.3 is 10.1 Å². The Morgan fingerprint density at radius 2 is 2.29 bits per heavy atom. The van der Waals surface area contributed by atoms with Crippen molar-refractivity contribution in [1.82, 2.24) is 4.98 Å². The number of pyridine rings is 1. The van der Waals surface area contributed by atoms with E-state index >= 15 is 0 Å². The highest BCUT2D eigenvalue weighted by atomic mass is 19.1. The fraction of sp³-hybridized carbons (Fsp3) is 0.250. The largest absolute Gasteiger partial charge is 0.370 e. The van der Waals surface area contributed by atoms with Gasteiger partial charge in [-0.05, 0) is 22.9 Å². The molecule has 0 N–H and O–H groups in total. The van der Waals surface area contributed by atoms with E-state index in [1.54, 1.807) is 0 Å². The van der Waals surface area contributed by atoms with Crippen LogP contribution in [0.15, 0.2) is 12.1 Å². The molecule has 0 aliphatic carbocycles. The van der Waals surface area contributed by atoms with Crippen LogP contribution in [-0.4, -0.2) is 15.7 Å². The van der Waals surface area contributed by atoms with Crippen molar-refractivity contribution in [3.05, 3.63) is 33.8 Å². The highest BCUT2D eigenvalue weighted by Gasteiger charge is 2.18. The second-order valence-corrected chi connectivity index (χ2v) is 2.75. The number of ketones is 1. The number of hydrogen-bond donors (Lipinski definition) is 0. The average Bonchev–Trinajstić information content (AvgIpc) is 2.07. The summed E-state index contributed by atoms with van der Waals surface area (Å²) in [5, 5.41) is 10.4. The number of hydrogen-bond acceptors (Lipinski definition) is 4. The number of rotatable bonds is 3. The minimum Gasteiger partial charge on any atom is -0.358 e. The first-order valence-electron chi connectivity index (χ1n) is 3.80. The highest BCUT2D eigenvalue weighted by molar-refractivity contribution is 5.79. The molecule has 0 amide bonds. The van der Waals surface area contributed by atoms with E-state index in [0.717, 1.165) is 6.07 Å². The fourth-order valence-corrected chi connectivity index (χ4v) is 1.02. The summed E-state index contributed by atoms with van der Waals surface area (Å²) in [6.07, 6.45) is -0.108. The number of aromatic nitrogens is 1. The number of halogens is 1. The van der Waals surface area contributed by atoms with Gasteiger partial charge in [0.1, 0.15) is 5.78 Å². The van der Waals surface area contributed by atoms with Crippen molar-refractivity contribution in [3.8, 4) is 0 Å². The Balaban J connectivity index is 3.14. The molecule has 0 aliphatic heterocycles. The number of carbonyl (C=O) groups is 1. The lowest BCUT2D eigenvalue weighted by Gasteiger charge is -1.98. The van der Waals surface area contributed by atoms with Crippen molar-refractivity contribution < 1.29 is 14.1 Å². The molecule has 14 heavy (non-hydrogen) atoms. The Hall–Kier alpha value is -1.85. The van der Waals surface area contributed by atoms with E-state index in [9.17, 15) is 19.3 Å². The molecule has 74 valence electrons. The van der Waals surface area contributed by atoms with Crippen molar-refractivity contribution in [2.75, 3.05) is 0 Å². The minimum atomic E-state index is -0.927. The normalized spacial score (nSPS) is 9.86. The van der Waals surface area contributed by atoms with Crippen LogP contribution >= 0.6 is 0 Å². The Morgan fingerprint density at radius 3 is 2.79 bits per heavy atom. The molecular weight excluding hydrogens is 191 g/mol. The summed E-state index contributed by atoms with van der Waals surface area (Å²) in [5.74, 6) is -1.76. The van der Waals surface area contributed by atoms with E-state index in [1.807, 2.05) is 0 Å². The first-order chi connectivity index (χ1) is 6.50. The molecule has 0 aliphatic rings. The van der Waals surface area contributed by atoms with E-state index in [-0.39, 0.29) is 17.8 Å². The predicted molar refractivity (Wildman–Crippen MR) is 45.2 cm³/mol. The SMILES string of the molecule is CC(=O)Cc1ccc(F)nc1[N+](=O)[O-].